The van der Waals surface area contributed by atoms with Crippen molar-refractivity contribution in [1.29, 1.82) is 0 Å². The van der Waals surface area contributed by atoms with Gasteiger partial charge in [-0.1, -0.05) is 13.0 Å². The van der Waals surface area contributed by atoms with Crippen molar-refractivity contribution in [1.82, 2.24) is 10.3 Å². The Balaban J connectivity index is 2.41. The number of likely N-dealkylation sites (N-methyl/N-ethyl adjacent to an activating group) is 1. The van der Waals surface area contributed by atoms with Crippen LogP contribution < -0.4 is 5.32 Å². The molecule has 1 heterocycles. The molecule has 0 aromatic carbocycles. The van der Waals surface area contributed by atoms with Crippen LogP contribution in [-0.4, -0.2) is 17.6 Å². The number of rotatable bonds is 4. The highest BCUT2D eigenvalue weighted by Gasteiger charge is 2.00. The summed E-state index contributed by atoms with van der Waals surface area (Å²) >= 11 is 0. The number of aromatic nitrogens is 1. The van der Waals surface area contributed by atoms with Gasteiger partial charge in [0.05, 0.1) is 0 Å². The molecule has 1 N–H and O–H groups in total. The molecule has 0 aliphatic rings. The van der Waals surface area contributed by atoms with Crippen LogP contribution in [0.2, 0.25) is 0 Å². The molecular weight excluding hydrogens is 148 g/mol. The van der Waals surface area contributed by atoms with Crippen molar-refractivity contribution < 1.29 is 0 Å². The molecule has 12 heavy (non-hydrogen) atoms. The predicted molar refractivity (Wildman–Crippen MR) is 51.1 cm³/mol. The molecule has 1 rings (SSSR count). The lowest BCUT2D eigenvalue weighted by Crippen LogP contribution is -2.27. The Morgan fingerprint density at radius 2 is 2.33 bits per heavy atom. The third-order valence-electron chi connectivity index (χ3n) is 1.79. The van der Waals surface area contributed by atoms with Gasteiger partial charge in [0.25, 0.3) is 0 Å². The van der Waals surface area contributed by atoms with Crippen molar-refractivity contribution in [3.63, 3.8) is 0 Å². The lowest BCUT2D eigenvalue weighted by Gasteiger charge is -2.10. The summed E-state index contributed by atoms with van der Waals surface area (Å²) in [5, 5.41) is 3.35. The van der Waals surface area contributed by atoms with Crippen LogP contribution >= 0.6 is 0 Å². The van der Waals surface area contributed by atoms with E-state index in [1.165, 1.54) is 0 Å². The third kappa shape index (κ3) is 3.01. The van der Waals surface area contributed by atoms with Gasteiger partial charge in [-0.15, -0.1) is 0 Å². The average molecular weight is 164 g/mol. The summed E-state index contributed by atoms with van der Waals surface area (Å²) in [6, 6.07) is 6.56. The SMILES string of the molecule is CCN[C@@H](C)Cc1ccccn1. The molecule has 0 amide bonds. The molecular formula is C10H16N2. The molecule has 2 nitrogen and oxygen atoms in total. The summed E-state index contributed by atoms with van der Waals surface area (Å²) < 4.78 is 0. The van der Waals surface area contributed by atoms with Crippen LogP contribution in [0.1, 0.15) is 19.5 Å². The maximum Gasteiger partial charge on any atom is 0.0419 e. The number of hydrogen-bond acceptors (Lipinski definition) is 2. The Kier molecular flexibility index (Phi) is 3.74. The van der Waals surface area contributed by atoms with Gasteiger partial charge in [-0.2, -0.15) is 0 Å². The predicted octanol–water partition coefficient (Wildman–Crippen LogP) is 1.62. The van der Waals surface area contributed by atoms with E-state index in [1.54, 1.807) is 0 Å². The molecule has 0 saturated carbocycles. The first-order chi connectivity index (χ1) is 5.83. The van der Waals surface area contributed by atoms with E-state index in [1.807, 2.05) is 18.3 Å². The van der Waals surface area contributed by atoms with Crippen LogP contribution in [0.3, 0.4) is 0 Å². The van der Waals surface area contributed by atoms with Crippen molar-refractivity contribution in [3.05, 3.63) is 30.1 Å². The first-order valence-electron chi connectivity index (χ1n) is 4.46. The van der Waals surface area contributed by atoms with Gasteiger partial charge in [0.1, 0.15) is 0 Å². The Bertz CT molecular complexity index is 208. The van der Waals surface area contributed by atoms with Gasteiger partial charge in [-0.3, -0.25) is 4.98 Å². The van der Waals surface area contributed by atoms with Crippen LogP contribution in [0.15, 0.2) is 24.4 Å². The van der Waals surface area contributed by atoms with Gasteiger partial charge in [0.2, 0.25) is 0 Å². The van der Waals surface area contributed by atoms with E-state index >= 15 is 0 Å². The molecule has 1 atom stereocenters. The summed E-state index contributed by atoms with van der Waals surface area (Å²) in [7, 11) is 0. The first kappa shape index (κ1) is 9.20. The van der Waals surface area contributed by atoms with Gasteiger partial charge in [-0.25, -0.2) is 0 Å². The molecule has 0 unspecified atom stereocenters. The topological polar surface area (TPSA) is 24.9 Å². The van der Waals surface area contributed by atoms with Crippen LogP contribution in [0.5, 0.6) is 0 Å². The molecule has 0 saturated heterocycles. The van der Waals surface area contributed by atoms with Crippen molar-refractivity contribution in [2.45, 2.75) is 26.3 Å². The zero-order valence-corrected chi connectivity index (χ0v) is 7.75. The van der Waals surface area contributed by atoms with Crippen LogP contribution in [-0.2, 0) is 6.42 Å². The molecule has 1 aromatic rings. The average Bonchev–Trinajstić information content (AvgIpc) is 2.06. The van der Waals surface area contributed by atoms with Crippen molar-refractivity contribution in [2.75, 3.05) is 6.54 Å². The van der Waals surface area contributed by atoms with E-state index in [4.69, 9.17) is 0 Å². The van der Waals surface area contributed by atoms with Crippen molar-refractivity contribution >= 4 is 0 Å². The van der Waals surface area contributed by atoms with E-state index in [0.29, 0.717) is 6.04 Å². The maximum atomic E-state index is 4.26. The summed E-state index contributed by atoms with van der Waals surface area (Å²) in [4.78, 5) is 4.26. The van der Waals surface area contributed by atoms with Gasteiger partial charge < -0.3 is 5.32 Å². The van der Waals surface area contributed by atoms with Gasteiger partial charge in [0.15, 0.2) is 0 Å². The molecule has 0 spiro atoms. The van der Waals surface area contributed by atoms with Crippen LogP contribution in [0, 0.1) is 0 Å². The first-order valence-corrected chi connectivity index (χ1v) is 4.46. The highest BCUT2D eigenvalue weighted by atomic mass is 14.9. The minimum atomic E-state index is 0.518. The monoisotopic (exact) mass is 164 g/mol. The molecule has 0 aliphatic heterocycles. The molecule has 1 aromatic heterocycles. The molecule has 66 valence electrons. The minimum absolute atomic E-state index is 0.518. The molecule has 2 heteroatoms. The van der Waals surface area contributed by atoms with Crippen LogP contribution in [0.25, 0.3) is 0 Å². The minimum Gasteiger partial charge on any atom is -0.314 e. The zero-order chi connectivity index (χ0) is 8.81. The summed E-state index contributed by atoms with van der Waals surface area (Å²) in [5.41, 5.74) is 1.16. The van der Waals surface area contributed by atoms with Crippen LogP contribution in [0.4, 0.5) is 0 Å². The Morgan fingerprint density at radius 3 is 2.92 bits per heavy atom. The van der Waals surface area contributed by atoms with Crippen molar-refractivity contribution in [2.24, 2.45) is 0 Å². The van der Waals surface area contributed by atoms with Crippen molar-refractivity contribution in [3.8, 4) is 0 Å². The fraction of sp³-hybridized carbons (Fsp3) is 0.500. The number of nitrogens with zero attached hydrogens (tertiary/aromatic N) is 1. The lowest BCUT2D eigenvalue weighted by atomic mass is 10.1. The number of hydrogen-bond donors (Lipinski definition) is 1. The van der Waals surface area contributed by atoms with Gasteiger partial charge in [-0.05, 0) is 25.6 Å². The number of pyridine rings is 1. The zero-order valence-electron chi connectivity index (χ0n) is 7.75. The summed E-state index contributed by atoms with van der Waals surface area (Å²) in [6.07, 6.45) is 2.85. The van der Waals surface area contributed by atoms with Gasteiger partial charge in [0, 0.05) is 24.4 Å². The summed E-state index contributed by atoms with van der Waals surface area (Å²) in [6.45, 7) is 5.32. The lowest BCUT2D eigenvalue weighted by molar-refractivity contribution is 0.559. The highest BCUT2D eigenvalue weighted by Crippen LogP contribution is 1.97. The van der Waals surface area contributed by atoms with E-state index in [9.17, 15) is 0 Å². The molecule has 0 radical (unpaired) electrons. The normalized spacial score (nSPS) is 12.8. The standard InChI is InChI=1S/C10H16N2/c1-3-11-9(2)8-10-6-4-5-7-12-10/h4-7,9,11H,3,8H2,1-2H3/t9-/m0/s1. The molecule has 0 aliphatic carbocycles. The van der Waals surface area contributed by atoms with E-state index in [2.05, 4.69) is 30.2 Å². The Hall–Kier alpha value is -0.890. The molecule has 0 fully saturated rings. The third-order valence-corrected chi connectivity index (χ3v) is 1.79. The van der Waals surface area contributed by atoms with E-state index in [-0.39, 0.29) is 0 Å². The fourth-order valence-electron chi connectivity index (χ4n) is 1.25. The Labute approximate surface area is 74.0 Å². The molecule has 0 bridgehead atoms. The number of nitrogens with one attached hydrogen (secondary N) is 1. The fourth-order valence-corrected chi connectivity index (χ4v) is 1.25. The largest absolute Gasteiger partial charge is 0.314 e. The summed E-state index contributed by atoms with van der Waals surface area (Å²) in [5.74, 6) is 0. The maximum absolute atomic E-state index is 4.26. The quantitative estimate of drug-likeness (QED) is 0.731. The van der Waals surface area contributed by atoms with E-state index in [0.717, 1.165) is 18.7 Å². The smallest absolute Gasteiger partial charge is 0.0419 e. The second-order valence-corrected chi connectivity index (χ2v) is 2.98. The Morgan fingerprint density at radius 1 is 1.50 bits per heavy atom. The highest BCUT2D eigenvalue weighted by molar-refractivity contribution is 5.04. The second-order valence-electron chi connectivity index (χ2n) is 2.98. The second kappa shape index (κ2) is 4.88. The van der Waals surface area contributed by atoms with E-state index < -0.39 is 0 Å². The van der Waals surface area contributed by atoms with Gasteiger partial charge >= 0.3 is 0 Å².